The summed E-state index contributed by atoms with van der Waals surface area (Å²) in [4.78, 5) is 29.3. The van der Waals surface area contributed by atoms with Crippen molar-refractivity contribution >= 4 is 28.9 Å². The first-order chi connectivity index (χ1) is 17.0. The number of carboxylic acids is 1. The quantitative estimate of drug-likeness (QED) is 0.475. The minimum Gasteiger partial charge on any atom is -0.477 e. The van der Waals surface area contributed by atoms with Gasteiger partial charge in [-0.25, -0.2) is 4.79 Å². The fraction of sp³-hybridized carbons (Fsp3) is 0.714. The summed E-state index contributed by atoms with van der Waals surface area (Å²) in [6, 6.07) is 1.76. The molecule has 1 aromatic heterocycles. The highest BCUT2D eigenvalue weighted by atomic mass is 32.1. The third-order valence-corrected chi connectivity index (χ3v) is 9.39. The predicted molar refractivity (Wildman–Crippen MR) is 141 cm³/mol. The number of rotatable bonds is 7. The molecule has 7 nitrogen and oxygen atoms in total. The van der Waals surface area contributed by atoms with Gasteiger partial charge in [-0.2, -0.15) is 0 Å². The Balaban J connectivity index is 1.58. The fourth-order valence-electron chi connectivity index (χ4n) is 5.42. The van der Waals surface area contributed by atoms with Crippen LogP contribution in [0.3, 0.4) is 0 Å². The van der Waals surface area contributed by atoms with E-state index in [0.29, 0.717) is 51.0 Å². The number of amides is 1. The highest BCUT2D eigenvalue weighted by Gasteiger charge is 2.41. The molecule has 0 radical (unpaired) electrons. The Hall–Kier alpha value is -1.74. The summed E-state index contributed by atoms with van der Waals surface area (Å²) >= 11 is 1.27. The normalized spacial score (nSPS) is 29.1. The van der Waals surface area contributed by atoms with Crippen LogP contribution >= 0.6 is 11.3 Å². The van der Waals surface area contributed by atoms with E-state index in [0.717, 1.165) is 24.1 Å². The van der Waals surface area contributed by atoms with Crippen molar-refractivity contribution in [2.45, 2.75) is 102 Å². The van der Waals surface area contributed by atoms with Crippen molar-refractivity contribution in [1.82, 2.24) is 0 Å². The molecule has 2 heterocycles. The summed E-state index contributed by atoms with van der Waals surface area (Å²) in [6.07, 6.45) is 7.62. The van der Waals surface area contributed by atoms with Crippen molar-refractivity contribution in [2.75, 3.05) is 24.7 Å². The maximum absolute atomic E-state index is 14.0. The standard InChI is InChI=1S/C28H41NO6S/c1-18-5-7-19(8-6-18)25(30)29(22-15-23(27(2,3)4)36-24(22)26(31)32)20-9-12-28(33,13-10-20)17-35-21-11-14-34-16-21/h5,15,19-21,33H,6-14,16-17H2,1-4H3,(H,31,32)/t19-,20-,21+,28+/m1/s1. The third-order valence-electron chi connectivity index (χ3n) is 7.86. The minimum atomic E-state index is -0.998. The molecule has 0 unspecified atom stereocenters. The SMILES string of the molecule is CC1=CC[C@@H](C(=O)N(c2cc(C(C)(C)C)sc2C(=O)O)[C@H]2CC[C@](O)(CO[C@H]3CCOC3)CC2)CC1. The molecule has 1 aromatic rings. The number of carbonyl (C=O) groups is 2. The van der Waals surface area contributed by atoms with Gasteiger partial charge in [0.15, 0.2) is 0 Å². The van der Waals surface area contributed by atoms with Gasteiger partial charge in [-0.1, -0.05) is 32.4 Å². The zero-order valence-corrected chi connectivity index (χ0v) is 22.9. The van der Waals surface area contributed by atoms with Crippen LogP contribution in [0.15, 0.2) is 17.7 Å². The number of nitrogens with zero attached hydrogens (tertiary/aromatic N) is 1. The molecule has 0 bridgehead atoms. The first-order valence-corrected chi connectivity index (χ1v) is 14.1. The number of hydrogen-bond donors (Lipinski definition) is 2. The lowest BCUT2D eigenvalue weighted by atomic mass is 9.81. The van der Waals surface area contributed by atoms with Gasteiger partial charge in [-0.15, -0.1) is 11.3 Å². The molecule has 2 N–H and O–H groups in total. The van der Waals surface area contributed by atoms with E-state index in [-0.39, 0.29) is 40.9 Å². The van der Waals surface area contributed by atoms with Crippen molar-refractivity contribution in [2.24, 2.45) is 5.92 Å². The van der Waals surface area contributed by atoms with E-state index >= 15 is 0 Å². The van der Waals surface area contributed by atoms with Gasteiger partial charge in [0.1, 0.15) is 4.88 Å². The van der Waals surface area contributed by atoms with E-state index in [9.17, 15) is 19.8 Å². The Bertz CT molecular complexity index is 979. The second-order valence-corrected chi connectivity index (χ2v) is 12.9. The second kappa shape index (κ2) is 10.9. The summed E-state index contributed by atoms with van der Waals surface area (Å²) in [7, 11) is 0. The Morgan fingerprint density at radius 2 is 1.94 bits per heavy atom. The Morgan fingerprint density at radius 3 is 2.50 bits per heavy atom. The van der Waals surface area contributed by atoms with Crippen LogP contribution < -0.4 is 4.90 Å². The van der Waals surface area contributed by atoms with Gasteiger partial charge in [-0.05, 0) is 69.8 Å². The van der Waals surface area contributed by atoms with E-state index in [1.807, 2.05) is 6.07 Å². The number of anilines is 1. The van der Waals surface area contributed by atoms with Crippen LogP contribution in [0.1, 0.15) is 93.6 Å². The van der Waals surface area contributed by atoms with E-state index in [1.54, 1.807) is 4.90 Å². The molecule has 0 aromatic carbocycles. The zero-order valence-electron chi connectivity index (χ0n) is 22.0. The molecule has 2 atom stereocenters. The minimum absolute atomic E-state index is 0.00861. The van der Waals surface area contributed by atoms with Gasteiger partial charge in [0.05, 0.1) is 30.6 Å². The van der Waals surface area contributed by atoms with E-state index in [4.69, 9.17) is 9.47 Å². The topological polar surface area (TPSA) is 96.3 Å². The van der Waals surface area contributed by atoms with Crippen molar-refractivity contribution in [1.29, 1.82) is 0 Å². The predicted octanol–water partition coefficient (Wildman–Crippen LogP) is 5.30. The zero-order chi connectivity index (χ0) is 26.1. The number of aliphatic hydroxyl groups is 1. The number of hydrogen-bond acceptors (Lipinski definition) is 6. The molecule has 1 amide bonds. The molecule has 4 rings (SSSR count). The largest absolute Gasteiger partial charge is 0.477 e. The molecule has 8 heteroatoms. The number of allylic oxidation sites excluding steroid dienone is 2. The number of ether oxygens (including phenoxy) is 2. The summed E-state index contributed by atoms with van der Waals surface area (Å²) in [5.74, 6) is -1.14. The van der Waals surface area contributed by atoms with Gasteiger partial charge in [0.25, 0.3) is 0 Å². The summed E-state index contributed by atoms with van der Waals surface area (Å²) < 4.78 is 11.3. The average Bonchev–Trinajstić information content (AvgIpc) is 3.50. The van der Waals surface area contributed by atoms with Crippen molar-refractivity contribution in [3.63, 3.8) is 0 Å². The molecule has 0 spiro atoms. The van der Waals surface area contributed by atoms with Crippen molar-refractivity contribution in [3.05, 3.63) is 27.5 Å². The van der Waals surface area contributed by atoms with Crippen LogP contribution in [0.25, 0.3) is 0 Å². The van der Waals surface area contributed by atoms with Crippen LogP contribution in [0, 0.1) is 5.92 Å². The first kappa shape index (κ1) is 27.3. The van der Waals surface area contributed by atoms with Gasteiger partial charge >= 0.3 is 5.97 Å². The number of carboxylic acid groups (broad SMARTS) is 1. The number of aromatic carboxylic acids is 1. The molecular weight excluding hydrogens is 478 g/mol. The first-order valence-electron chi connectivity index (χ1n) is 13.2. The van der Waals surface area contributed by atoms with E-state index in [1.165, 1.54) is 16.9 Å². The molecule has 1 saturated heterocycles. The molecule has 36 heavy (non-hydrogen) atoms. The van der Waals surface area contributed by atoms with Gasteiger partial charge in [0.2, 0.25) is 5.91 Å². The van der Waals surface area contributed by atoms with Crippen LogP contribution in [0.5, 0.6) is 0 Å². The monoisotopic (exact) mass is 519 g/mol. The Kier molecular flexibility index (Phi) is 8.29. The van der Waals surface area contributed by atoms with Crippen LogP contribution in [-0.2, 0) is 19.7 Å². The highest BCUT2D eigenvalue weighted by Crippen LogP contribution is 2.42. The molecule has 200 valence electrons. The van der Waals surface area contributed by atoms with E-state index < -0.39 is 11.6 Å². The van der Waals surface area contributed by atoms with Gasteiger partial charge < -0.3 is 24.6 Å². The Labute approximate surface area is 218 Å². The van der Waals surface area contributed by atoms with Crippen LogP contribution in [0.4, 0.5) is 5.69 Å². The Morgan fingerprint density at radius 1 is 1.22 bits per heavy atom. The smallest absolute Gasteiger partial charge is 0.348 e. The van der Waals surface area contributed by atoms with E-state index in [2.05, 4.69) is 33.8 Å². The maximum atomic E-state index is 14.0. The molecule has 1 aliphatic heterocycles. The lowest BCUT2D eigenvalue weighted by molar-refractivity contribution is -0.124. The molecular formula is C28H41NO6S. The second-order valence-electron chi connectivity index (χ2n) is 11.9. The molecule has 2 aliphatic carbocycles. The summed E-state index contributed by atoms with van der Waals surface area (Å²) in [5.41, 5.74) is 0.668. The average molecular weight is 520 g/mol. The lowest BCUT2D eigenvalue weighted by Crippen LogP contribution is -2.50. The fourth-order valence-corrected chi connectivity index (χ4v) is 6.47. The highest BCUT2D eigenvalue weighted by molar-refractivity contribution is 7.14. The number of carbonyl (C=O) groups excluding carboxylic acids is 1. The summed E-state index contributed by atoms with van der Waals surface area (Å²) in [6.45, 7) is 9.81. The molecule has 2 fully saturated rings. The lowest BCUT2D eigenvalue weighted by Gasteiger charge is -2.42. The van der Waals surface area contributed by atoms with Gasteiger partial charge in [-0.3, -0.25) is 4.79 Å². The van der Waals surface area contributed by atoms with Crippen LogP contribution in [-0.4, -0.2) is 59.7 Å². The molecule has 1 saturated carbocycles. The summed E-state index contributed by atoms with van der Waals surface area (Å²) in [5, 5.41) is 21.3. The number of thiophene rings is 1. The van der Waals surface area contributed by atoms with Crippen molar-refractivity contribution < 1.29 is 29.3 Å². The van der Waals surface area contributed by atoms with Crippen LogP contribution in [0.2, 0.25) is 0 Å². The van der Waals surface area contributed by atoms with Crippen molar-refractivity contribution in [3.8, 4) is 0 Å². The maximum Gasteiger partial charge on any atom is 0.348 e. The third kappa shape index (κ3) is 6.21. The van der Waals surface area contributed by atoms with Gasteiger partial charge in [0, 0.05) is 23.4 Å². The molecule has 3 aliphatic rings.